The second-order valence-corrected chi connectivity index (χ2v) is 27.9. The van der Waals surface area contributed by atoms with E-state index < -0.39 is 0 Å². The molecule has 0 N–H and O–H groups in total. The molecule has 10 heteroatoms. The van der Waals surface area contributed by atoms with Crippen LogP contribution in [0.1, 0.15) is 241 Å². The summed E-state index contributed by atoms with van der Waals surface area (Å²) in [4.78, 5) is 24.0. The van der Waals surface area contributed by atoms with Crippen LogP contribution < -0.4 is 0 Å². The van der Waals surface area contributed by atoms with Crippen LogP contribution in [0.5, 0.6) is 0 Å². The summed E-state index contributed by atoms with van der Waals surface area (Å²) in [5.74, 6) is 6.73. The van der Waals surface area contributed by atoms with E-state index in [1.165, 1.54) is 109 Å². The SMILES string of the molecule is CC.CC.CC1=CCC(C)CC1.CC1=CCC(C)CC1.CC1CCC(C)CC1.CC1COC(C)OC1.CC1COC(C)OC1.Cc1ccc(C)cc1.Cc1ccc(C)cc1.Cc1ccc(C)cc1.Cc1ccc(C)nc1.Cc1ccc(C)nc1.Cc1cnc(C)nc1.Cc1cnc(C)nc1.[HH]. The molecule has 560 valence electrons. The minimum atomic E-state index is 0. The Morgan fingerprint density at radius 3 is 0.640 bits per heavy atom. The van der Waals surface area contributed by atoms with E-state index in [0.29, 0.717) is 11.8 Å². The fourth-order valence-corrected chi connectivity index (χ4v) is 8.92. The van der Waals surface area contributed by atoms with Gasteiger partial charge in [-0.1, -0.05) is 237 Å². The van der Waals surface area contributed by atoms with Gasteiger partial charge in [0, 0.05) is 61.8 Å². The first-order valence-electron chi connectivity index (χ1n) is 37.6. The molecule has 3 fully saturated rings. The van der Waals surface area contributed by atoms with E-state index in [1.807, 2.05) is 146 Å². The second kappa shape index (κ2) is 60.1. The molecule has 3 aliphatic carbocycles. The topological polar surface area (TPSA) is 114 Å². The monoisotopic (exact) mass is 1380 g/mol. The third-order valence-corrected chi connectivity index (χ3v) is 16.2. The van der Waals surface area contributed by atoms with Crippen LogP contribution in [0.25, 0.3) is 0 Å². The number of hydrogen-bond donors (Lipinski definition) is 0. The summed E-state index contributed by atoms with van der Waals surface area (Å²) in [5, 5.41) is 0. The van der Waals surface area contributed by atoms with Crippen molar-refractivity contribution in [3.05, 3.63) is 236 Å². The third kappa shape index (κ3) is 58.1. The van der Waals surface area contributed by atoms with Gasteiger partial charge in [0.15, 0.2) is 12.6 Å². The summed E-state index contributed by atoms with van der Waals surface area (Å²) in [5.41, 5.74) is 18.0. The summed E-state index contributed by atoms with van der Waals surface area (Å²) in [7, 11) is 0. The molecule has 100 heavy (non-hydrogen) atoms. The maximum atomic E-state index is 5.17. The van der Waals surface area contributed by atoms with Gasteiger partial charge in [-0.05, 0) is 221 Å². The Morgan fingerprint density at radius 1 is 0.260 bits per heavy atom. The molecule has 2 unspecified atom stereocenters. The maximum absolute atomic E-state index is 5.17. The van der Waals surface area contributed by atoms with E-state index in [-0.39, 0.29) is 14.0 Å². The van der Waals surface area contributed by atoms with E-state index in [0.717, 1.165) is 84.3 Å². The molecule has 0 amide bonds. The average Bonchev–Trinajstić information content (AvgIpc) is 3.76. The third-order valence-electron chi connectivity index (χ3n) is 16.2. The van der Waals surface area contributed by atoms with Crippen molar-refractivity contribution in [2.45, 2.75) is 271 Å². The molecule has 12 rings (SSSR count). The quantitative estimate of drug-likeness (QED) is 0.136. The van der Waals surface area contributed by atoms with E-state index in [1.54, 1.807) is 11.1 Å². The lowest BCUT2D eigenvalue weighted by atomic mass is 9.84. The van der Waals surface area contributed by atoms with Crippen LogP contribution in [0.3, 0.4) is 0 Å². The fraction of sp³-hybridized carbons (Fsp3) is 0.556. The number of nitrogens with zero attached hydrogens (tertiary/aromatic N) is 6. The highest BCUT2D eigenvalue weighted by atomic mass is 16.7. The number of aromatic nitrogens is 6. The highest BCUT2D eigenvalue weighted by Gasteiger charge is 2.15. The Hall–Kier alpha value is -6.56. The number of ether oxygens (including phenoxy) is 4. The molecule has 2 atom stereocenters. The number of benzene rings is 3. The van der Waals surface area contributed by atoms with Gasteiger partial charge in [0.05, 0.1) is 26.4 Å². The number of rotatable bonds is 0. The van der Waals surface area contributed by atoms with Crippen molar-refractivity contribution >= 4 is 0 Å². The normalized spacial score (nSPS) is 19.6. The number of aryl methyl sites for hydroxylation is 14. The first-order valence-corrected chi connectivity index (χ1v) is 37.6. The van der Waals surface area contributed by atoms with E-state index >= 15 is 0 Å². The van der Waals surface area contributed by atoms with Crippen molar-refractivity contribution < 1.29 is 20.4 Å². The fourth-order valence-electron chi connectivity index (χ4n) is 8.92. The smallest absolute Gasteiger partial charge is 0.154 e. The minimum Gasteiger partial charge on any atom is -0.353 e. The maximum Gasteiger partial charge on any atom is 0.154 e. The van der Waals surface area contributed by atoms with Crippen molar-refractivity contribution in [1.29, 1.82) is 0 Å². The van der Waals surface area contributed by atoms with Crippen molar-refractivity contribution in [3.63, 3.8) is 0 Å². The first kappa shape index (κ1) is 95.5. The molecule has 5 aliphatic rings. The van der Waals surface area contributed by atoms with Crippen LogP contribution in [0.4, 0.5) is 0 Å². The molecule has 0 bridgehead atoms. The predicted molar refractivity (Wildman–Crippen MR) is 434 cm³/mol. The Labute approximate surface area is 615 Å². The number of hydrogen-bond acceptors (Lipinski definition) is 10. The molecule has 1 saturated carbocycles. The van der Waals surface area contributed by atoms with E-state index in [2.05, 4.69) is 224 Å². The molecular formula is C90H146N6O4. The average molecular weight is 1380 g/mol. The van der Waals surface area contributed by atoms with Gasteiger partial charge in [0.2, 0.25) is 0 Å². The zero-order valence-electron chi connectivity index (χ0n) is 68.7. The van der Waals surface area contributed by atoms with Gasteiger partial charge in [-0.15, -0.1) is 0 Å². The Balaban J connectivity index is -0.00000103. The zero-order chi connectivity index (χ0) is 75.8. The number of allylic oxidation sites excluding steroid dienone is 4. The Morgan fingerprint density at radius 2 is 0.480 bits per heavy atom. The molecule has 0 radical (unpaired) electrons. The molecule has 7 aromatic rings. The molecule has 6 heterocycles. The lowest BCUT2D eigenvalue weighted by Gasteiger charge is -2.24. The van der Waals surface area contributed by atoms with Crippen LogP contribution >= 0.6 is 0 Å². The highest BCUT2D eigenvalue weighted by Crippen LogP contribution is 2.27. The highest BCUT2D eigenvalue weighted by molar-refractivity contribution is 5.21. The molecule has 2 saturated heterocycles. The molecule has 2 aliphatic heterocycles. The lowest BCUT2D eigenvalue weighted by molar-refractivity contribution is -0.187. The van der Waals surface area contributed by atoms with Crippen LogP contribution in [0, 0.1) is 132 Å². The van der Waals surface area contributed by atoms with Gasteiger partial charge in [-0.25, -0.2) is 19.9 Å². The largest absolute Gasteiger partial charge is 0.353 e. The Bertz CT molecular complexity index is 2360. The van der Waals surface area contributed by atoms with Gasteiger partial charge in [0.25, 0.3) is 0 Å². The van der Waals surface area contributed by atoms with Crippen LogP contribution in [0.2, 0.25) is 0 Å². The summed E-state index contributed by atoms with van der Waals surface area (Å²) < 4.78 is 20.7. The van der Waals surface area contributed by atoms with Crippen molar-refractivity contribution in [1.82, 2.24) is 29.9 Å². The minimum absolute atomic E-state index is 0. The van der Waals surface area contributed by atoms with Gasteiger partial charge in [-0.3, -0.25) is 9.97 Å². The standard InChI is InChI=1S/C8H16.2C8H14.3C8H10.2C7H9N.2C6H8N2.2C6H12O2.2C2H6.H2/c6*1-7-3-5-8(2)6-4-7;2*1-6-3-4-7(2)8-5-6;4*1-5-3-7-6(2)8-4-5;2*1-2;/h7-8H,3-6H2,1-2H3;2*3,8H,4-6H2,1-2H3;3*3-6H,1-2H3;2*3-5H,1-2H3;2*3-4H,1-2H3;2*5-6H,3-4H2,1-2H3;2*1-2H3;1H. The van der Waals surface area contributed by atoms with E-state index in [4.69, 9.17) is 18.9 Å². The summed E-state index contributed by atoms with van der Waals surface area (Å²) in [6.07, 6.45) is 29.7. The first-order chi connectivity index (χ1) is 47.5. The molecular weight excluding hydrogens is 1230 g/mol. The number of pyridine rings is 2. The van der Waals surface area contributed by atoms with Crippen LogP contribution in [0.15, 0.2) is 158 Å². The van der Waals surface area contributed by atoms with Gasteiger partial charge >= 0.3 is 0 Å². The zero-order valence-corrected chi connectivity index (χ0v) is 68.7. The van der Waals surface area contributed by atoms with Crippen molar-refractivity contribution in [3.8, 4) is 0 Å². The van der Waals surface area contributed by atoms with Crippen molar-refractivity contribution in [2.24, 2.45) is 35.5 Å². The second-order valence-electron chi connectivity index (χ2n) is 27.9. The van der Waals surface area contributed by atoms with E-state index in [9.17, 15) is 0 Å². The lowest BCUT2D eigenvalue weighted by Crippen LogP contribution is -2.27. The summed E-state index contributed by atoms with van der Waals surface area (Å²) >= 11 is 0. The van der Waals surface area contributed by atoms with Crippen LogP contribution in [-0.4, -0.2) is 68.9 Å². The summed E-state index contributed by atoms with van der Waals surface area (Å²) in [6.45, 7) is 61.6. The molecule has 10 nitrogen and oxygen atoms in total. The molecule has 3 aromatic carbocycles. The van der Waals surface area contributed by atoms with Crippen molar-refractivity contribution in [2.75, 3.05) is 26.4 Å². The Kier molecular flexibility index (Phi) is 57.4. The summed E-state index contributed by atoms with van der Waals surface area (Å²) in [6, 6.07) is 33.6. The van der Waals surface area contributed by atoms with Gasteiger partial charge in [-0.2, -0.15) is 0 Å². The molecule has 4 aromatic heterocycles. The van der Waals surface area contributed by atoms with Gasteiger partial charge in [0.1, 0.15) is 11.6 Å². The van der Waals surface area contributed by atoms with Gasteiger partial charge < -0.3 is 18.9 Å². The van der Waals surface area contributed by atoms with Crippen LogP contribution in [-0.2, 0) is 18.9 Å². The molecule has 0 spiro atoms. The predicted octanol–water partition coefficient (Wildman–Crippen LogP) is 25.2.